The summed E-state index contributed by atoms with van der Waals surface area (Å²) < 4.78 is 2.02. The molecule has 0 atom stereocenters. The van der Waals surface area contributed by atoms with Crippen LogP contribution in [0.2, 0.25) is 0 Å². The molecule has 0 unspecified atom stereocenters. The Bertz CT molecular complexity index is 1490. The minimum absolute atomic E-state index is 0.222. The molecule has 0 radical (unpaired) electrons. The highest BCUT2D eigenvalue weighted by Crippen LogP contribution is 2.29. The molecule has 182 valence electrons. The third-order valence-electron chi connectivity index (χ3n) is 6.29. The van der Waals surface area contributed by atoms with Gasteiger partial charge in [0.1, 0.15) is 0 Å². The summed E-state index contributed by atoms with van der Waals surface area (Å²) in [5.41, 5.74) is 5.16. The Balaban J connectivity index is 1.48. The van der Waals surface area contributed by atoms with Gasteiger partial charge < -0.3 is 20.9 Å². The summed E-state index contributed by atoms with van der Waals surface area (Å²) in [6, 6.07) is 14.8. The predicted molar refractivity (Wildman–Crippen MR) is 138 cm³/mol. The number of nitrogens with zero attached hydrogens (tertiary/aromatic N) is 5. The van der Waals surface area contributed by atoms with Crippen molar-refractivity contribution >= 4 is 40.1 Å². The number of benzene rings is 2. The zero-order chi connectivity index (χ0) is 25.1. The first-order valence-corrected chi connectivity index (χ1v) is 11.9. The minimum atomic E-state index is -0.285. The summed E-state index contributed by atoms with van der Waals surface area (Å²) in [5.74, 6) is 0.842. The van der Waals surface area contributed by atoms with Crippen LogP contribution >= 0.6 is 0 Å². The van der Waals surface area contributed by atoms with Crippen molar-refractivity contribution in [3.63, 3.8) is 0 Å². The topological polar surface area (TPSA) is 127 Å². The first kappa shape index (κ1) is 23.1. The Morgan fingerprint density at radius 3 is 2.75 bits per heavy atom. The number of urea groups is 1. The largest absolute Gasteiger partial charge is 0.367 e. The van der Waals surface area contributed by atoms with Crippen LogP contribution in [0, 0.1) is 11.3 Å². The zero-order valence-corrected chi connectivity index (χ0v) is 19.9. The number of carbonyl (C=O) groups is 2. The van der Waals surface area contributed by atoms with Crippen LogP contribution in [0.15, 0.2) is 48.7 Å². The Hall–Kier alpha value is -4.65. The molecule has 3 amide bonds. The lowest BCUT2D eigenvalue weighted by atomic mass is 10.1. The number of fused-ring (bicyclic) bond motifs is 3. The Morgan fingerprint density at radius 2 is 2.03 bits per heavy atom. The predicted octanol–water partition coefficient (Wildman–Crippen LogP) is 3.60. The van der Waals surface area contributed by atoms with Gasteiger partial charge in [-0.3, -0.25) is 9.20 Å². The maximum atomic E-state index is 11.9. The number of nitrogens with one attached hydrogen (secondary N) is 3. The van der Waals surface area contributed by atoms with E-state index in [4.69, 9.17) is 4.98 Å². The first-order chi connectivity index (χ1) is 17.6. The van der Waals surface area contributed by atoms with Crippen LogP contribution in [0.4, 0.5) is 16.3 Å². The molecule has 1 aliphatic heterocycles. The number of nitriles is 1. The summed E-state index contributed by atoms with van der Waals surface area (Å²) in [6.07, 6.45) is 4.16. The van der Waals surface area contributed by atoms with Crippen LogP contribution in [0.25, 0.3) is 27.9 Å². The van der Waals surface area contributed by atoms with Crippen molar-refractivity contribution in [1.82, 2.24) is 24.6 Å². The van der Waals surface area contributed by atoms with Gasteiger partial charge in [-0.1, -0.05) is 12.1 Å². The van der Waals surface area contributed by atoms with E-state index >= 15 is 0 Å². The third-order valence-corrected chi connectivity index (χ3v) is 6.29. The lowest BCUT2D eigenvalue weighted by Gasteiger charge is -2.16. The van der Waals surface area contributed by atoms with Gasteiger partial charge >= 0.3 is 6.03 Å². The number of amides is 3. The molecule has 0 bridgehead atoms. The van der Waals surface area contributed by atoms with Gasteiger partial charge in [0.15, 0.2) is 11.5 Å². The Kier molecular flexibility index (Phi) is 6.36. The molecule has 0 spiro atoms. The second kappa shape index (κ2) is 9.92. The van der Waals surface area contributed by atoms with E-state index in [1.165, 1.54) is 0 Å². The van der Waals surface area contributed by atoms with Crippen LogP contribution in [0.5, 0.6) is 0 Å². The van der Waals surface area contributed by atoms with Gasteiger partial charge in [0.05, 0.1) is 34.6 Å². The molecule has 2 aromatic carbocycles. The van der Waals surface area contributed by atoms with E-state index in [9.17, 15) is 14.9 Å². The lowest BCUT2D eigenvalue weighted by molar-refractivity contribution is -0.127. The molecule has 1 aliphatic rings. The molecule has 36 heavy (non-hydrogen) atoms. The maximum Gasteiger partial charge on any atom is 0.318 e. The maximum absolute atomic E-state index is 11.9. The average molecular weight is 483 g/mol. The second-order valence-corrected chi connectivity index (χ2v) is 8.62. The van der Waals surface area contributed by atoms with Gasteiger partial charge in [-0.05, 0) is 43.2 Å². The number of hydrogen-bond donors (Lipinski definition) is 3. The number of aromatic nitrogens is 3. The molecular weight excluding hydrogens is 456 g/mol. The van der Waals surface area contributed by atoms with E-state index in [0.29, 0.717) is 47.7 Å². The van der Waals surface area contributed by atoms with Crippen LogP contribution in [-0.2, 0) is 4.79 Å². The number of rotatable bonds is 7. The highest BCUT2D eigenvalue weighted by molar-refractivity contribution is 5.90. The van der Waals surface area contributed by atoms with Crippen molar-refractivity contribution in [3.05, 3.63) is 54.2 Å². The number of anilines is 2. The van der Waals surface area contributed by atoms with Gasteiger partial charge in [0.25, 0.3) is 0 Å². The smallest absolute Gasteiger partial charge is 0.318 e. The summed E-state index contributed by atoms with van der Waals surface area (Å²) >= 11 is 0. The molecule has 0 saturated carbocycles. The number of carbonyl (C=O) groups excluding carboxylic acids is 2. The van der Waals surface area contributed by atoms with Gasteiger partial charge in [0, 0.05) is 44.4 Å². The SMILES string of the molecule is CNC(=O)Nc1ccc(-c2cnc3c(NCCCN4CCCC4=O)nc4cc(C#N)ccc4n23)cc1. The molecule has 5 rings (SSSR count). The molecular formula is C26H26N8O2. The highest BCUT2D eigenvalue weighted by atomic mass is 16.2. The van der Waals surface area contributed by atoms with Crippen LogP contribution in [0.3, 0.4) is 0 Å². The third kappa shape index (κ3) is 4.51. The van der Waals surface area contributed by atoms with Crippen LogP contribution in [0.1, 0.15) is 24.8 Å². The molecule has 10 nitrogen and oxygen atoms in total. The summed E-state index contributed by atoms with van der Waals surface area (Å²) in [6.45, 7) is 2.18. The fourth-order valence-electron chi connectivity index (χ4n) is 4.46. The van der Waals surface area contributed by atoms with Crippen LogP contribution in [-0.4, -0.2) is 57.9 Å². The van der Waals surface area contributed by atoms with Gasteiger partial charge in [0.2, 0.25) is 5.91 Å². The molecule has 10 heteroatoms. The molecule has 1 saturated heterocycles. The van der Waals surface area contributed by atoms with Gasteiger partial charge in [-0.2, -0.15) is 5.26 Å². The Labute approximate surface area is 207 Å². The summed E-state index contributed by atoms with van der Waals surface area (Å²) in [4.78, 5) is 34.8. The minimum Gasteiger partial charge on any atom is -0.367 e. The zero-order valence-electron chi connectivity index (χ0n) is 19.9. The van der Waals surface area contributed by atoms with Crippen molar-refractivity contribution in [3.8, 4) is 17.3 Å². The number of hydrogen-bond acceptors (Lipinski definition) is 6. The van der Waals surface area contributed by atoms with Crippen molar-refractivity contribution in [2.24, 2.45) is 0 Å². The summed E-state index contributed by atoms with van der Waals surface area (Å²) in [7, 11) is 1.57. The van der Waals surface area contributed by atoms with E-state index < -0.39 is 0 Å². The molecule has 3 N–H and O–H groups in total. The van der Waals surface area contributed by atoms with Crippen molar-refractivity contribution in [2.45, 2.75) is 19.3 Å². The molecule has 2 aromatic heterocycles. The average Bonchev–Trinajstić information content (AvgIpc) is 3.53. The molecule has 0 aliphatic carbocycles. The first-order valence-electron chi connectivity index (χ1n) is 11.9. The lowest BCUT2D eigenvalue weighted by Crippen LogP contribution is -2.27. The second-order valence-electron chi connectivity index (χ2n) is 8.62. The fraction of sp³-hybridized carbons (Fsp3) is 0.269. The standard InChI is InChI=1S/C26H26N8O2/c1-28-26(36)31-19-8-6-18(7-9-19)22-16-30-25-24(29-11-3-13-33-12-2-4-23(33)35)32-20-14-17(15-27)5-10-21(20)34(22)25/h5-10,14,16H,2-4,11-13H2,1H3,(H,29,32)(H2,28,31,36). The highest BCUT2D eigenvalue weighted by Gasteiger charge is 2.19. The van der Waals surface area contributed by atoms with Gasteiger partial charge in [-0.25, -0.2) is 14.8 Å². The molecule has 4 aromatic rings. The van der Waals surface area contributed by atoms with Crippen molar-refractivity contribution in [1.29, 1.82) is 5.26 Å². The molecule has 3 heterocycles. The number of imidazole rings is 1. The monoisotopic (exact) mass is 482 g/mol. The van der Waals surface area contributed by atoms with E-state index in [2.05, 4.69) is 27.0 Å². The van der Waals surface area contributed by atoms with Crippen molar-refractivity contribution in [2.75, 3.05) is 37.3 Å². The quantitative estimate of drug-likeness (QED) is 0.346. The molecule has 1 fully saturated rings. The number of likely N-dealkylation sites (tertiary alicyclic amines) is 1. The van der Waals surface area contributed by atoms with Crippen molar-refractivity contribution < 1.29 is 9.59 Å². The van der Waals surface area contributed by atoms with E-state index in [-0.39, 0.29) is 11.9 Å². The van der Waals surface area contributed by atoms with Gasteiger partial charge in [-0.15, -0.1) is 0 Å². The normalized spacial score (nSPS) is 13.2. The van der Waals surface area contributed by atoms with E-state index in [1.807, 2.05) is 39.6 Å². The fourth-order valence-corrected chi connectivity index (χ4v) is 4.46. The summed E-state index contributed by atoms with van der Waals surface area (Å²) in [5, 5.41) is 18.1. The Morgan fingerprint density at radius 1 is 1.19 bits per heavy atom. The van der Waals surface area contributed by atoms with E-state index in [1.54, 1.807) is 25.4 Å². The van der Waals surface area contributed by atoms with Crippen LogP contribution < -0.4 is 16.0 Å². The van der Waals surface area contributed by atoms with E-state index in [0.717, 1.165) is 36.2 Å².